The Hall–Kier alpha value is -0.810. The fourth-order valence-corrected chi connectivity index (χ4v) is 0.239. The van der Waals surface area contributed by atoms with Gasteiger partial charge in [-0.05, 0) is 13.8 Å². The van der Waals surface area contributed by atoms with E-state index in [1.54, 1.807) is 6.21 Å². The summed E-state index contributed by atoms with van der Waals surface area (Å²) in [6.07, 6.45) is 1.72. The van der Waals surface area contributed by atoms with Crippen molar-refractivity contribution in [2.75, 3.05) is 0 Å². The monoisotopic (exact) mass is 95.1 g/mol. The normalized spacial score (nSPS) is 8.86. The van der Waals surface area contributed by atoms with E-state index in [9.17, 15) is 0 Å². The molecule has 7 heavy (non-hydrogen) atoms. The van der Waals surface area contributed by atoms with Crippen LogP contribution in [0.5, 0.6) is 0 Å². The smallest absolute Gasteiger partial charge is 0.0779 e. The van der Waals surface area contributed by atoms with E-state index in [4.69, 9.17) is 0 Å². The van der Waals surface area contributed by atoms with Crippen molar-refractivity contribution in [3.63, 3.8) is 0 Å². The van der Waals surface area contributed by atoms with E-state index >= 15 is 0 Å². The Kier molecular flexibility index (Phi) is 2.99. The maximum atomic E-state index is 3.86. The van der Waals surface area contributed by atoms with E-state index in [0.717, 1.165) is 5.70 Å². The maximum Gasteiger partial charge on any atom is 0.0779 e. The SMILES string of the molecule is C=C=C(C)N=CC. The van der Waals surface area contributed by atoms with Crippen molar-refractivity contribution in [3.8, 4) is 0 Å². The van der Waals surface area contributed by atoms with Gasteiger partial charge < -0.3 is 0 Å². The zero-order chi connectivity index (χ0) is 5.70. The Labute approximate surface area is 44.1 Å². The standard InChI is InChI=1S/C6H9N/c1-4-6(3)7-5-2/h5H,1H2,2-3H3. The Morgan fingerprint density at radius 1 is 1.86 bits per heavy atom. The summed E-state index contributed by atoms with van der Waals surface area (Å²) in [7, 11) is 0. The topological polar surface area (TPSA) is 12.4 Å². The zero-order valence-electron chi connectivity index (χ0n) is 4.73. The summed E-state index contributed by atoms with van der Waals surface area (Å²) in [5.41, 5.74) is 3.47. The first-order valence-corrected chi connectivity index (χ1v) is 2.16. The van der Waals surface area contributed by atoms with Crippen LogP contribution in [0.1, 0.15) is 13.8 Å². The molecule has 0 radical (unpaired) electrons. The molecule has 0 spiro atoms. The minimum Gasteiger partial charge on any atom is -0.258 e. The molecule has 0 aromatic carbocycles. The second kappa shape index (κ2) is 3.38. The summed E-state index contributed by atoms with van der Waals surface area (Å²) in [5.74, 6) is 0. The molecule has 1 nitrogen and oxygen atoms in total. The highest BCUT2D eigenvalue weighted by Gasteiger charge is 1.68. The molecule has 1 heteroatoms. The predicted molar refractivity (Wildman–Crippen MR) is 32.5 cm³/mol. The van der Waals surface area contributed by atoms with Crippen LogP contribution in [0.25, 0.3) is 0 Å². The van der Waals surface area contributed by atoms with Gasteiger partial charge in [-0.25, -0.2) is 0 Å². The lowest BCUT2D eigenvalue weighted by Crippen LogP contribution is -1.62. The number of rotatable bonds is 1. The third-order valence-corrected chi connectivity index (χ3v) is 0.579. The van der Waals surface area contributed by atoms with Crippen LogP contribution in [0, 0.1) is 0 Å². The predicted octanol–water partition coefficient (Wildman–Crippen LogP) is 1.77. The molecule has 0 unspecified atom stereocenters. The fourth-order valence-electron chi connectivity index (χ4n) is 0.239. The average Bonchev–Trinajstić information content (AvgIpc) is 1.68. The van der Waals surface area contributed by atoms with Crippen LogP contribution in [-0.2, 0) is 0 Å². The summed E-state index contributed by atoms with van der Waals surface area (Å²) in [4.78, 5) is 3.86. The largest absolute Gasteiger partial charge is 0.258 e. The van der Waals surface area contributed by atoms with Gasteiger partial charge in [0.25, 0.3) is 0 Å². The van der Waals surface area contributed by atoms with Crippen molar-refractivity contribution in [2.45, 2.75) is 13.8 Å². The Bertz CT molecular complexity index is 116. The second-order valence-corrected chi connectivity index (χ2v) is 1.15. The van der Waals surface area contributed by atoms with Crippen LogP contribution >= 0.6 is 0 Å². The van der Waals surface area contributed by atoms with Gasteiger partial charge in [0, 0.05) is 6.21 Å². The van der Waals surface area contributed by atoms with Crippen molar-refractivity contribution >= 4 is 6.21 Å². The van der Waals surface area contributed by atoms with Crippen molar-refractivity contribution < 1.29 is 0 Å². The van der Waals surface area contributed by atoms with Gasteiger partial charge >= 0.3 is 0 Å². The number of nitrogens with zero attached hydrogens (tertiary/aromatic N) is 1. The third-order valence-electron chi connectivity index (χ3n) is 0.579. The fraction of sp³-hybridized carbons (Fsp3) is 0.333. The highest BCUT2D eigenvalue weighted by molar-refractivity contribution is 5.54. The van der Waals surface area contributed by atoms with Gasteiger partial charge in [-0.2, -0.15) is 0 Å². The molecule has 0 aliphatic heterocycles. The molecule has 0 aromatic heterocycles. The zero-order valence-corrected chi connectivity index (χ0v) is 4.73. The van der Waals surface area contributed by atoms with Gasteiger partial charge in [0.2, 0.25) is 0 Å². The first-order valence-electron chi connectivity index (χ1n) is 2.16. The molecule has 0 bridgehead atoms. The van der Waals surface area contributed by atoms with Gasteiger partial charge in [-0.3, -0.25) is 4.99 Å². The van der Waals surface area contributed by atoms with Crippen LogP contribution < -0.4 is 0 Å². The number of allylic oxidation sites excluding steroid dienone is 1. The van der Waals surface area contributed by atoms with Crippen LogP contribution in [-0.4, -0.2) is 6.21 Å². The Balaban J connectivity index is 3.83. The summed E-state index contributed by atoms with van der Waals surface area (Å²) < 4.78 is 0. The van der Waals surface area contributed by atoms with Gasteiger partial charge in [0.1, 0.15) is 0 Å². The molecule has 0 heterocycles. The van der Waals surface area contributed by atoms with Gasteiger partial charge in [-0.15, -0.1) is 5.73 Å². The van der Waals surface area contributed by atoms with E-state index in [1.807, 2.05) is 13.8 Å². The van der Waals surface area contributed by atoms with Crippen molar-refractivity contribution in [1.82, 2.24) is 0 Å². The molecule has 0 aliphatic carbocycles. The minimum absolute atomic E-state index is 0.836. The molecule has 0 N–H and O–H groups in total. The Morgan fingerprint density at radius 3 is 2.57 bits per heavy atom. The number of aliphatic imine (C=N–C) groups is 1. The van der Waals surface area contributed by atoms with E-state index < -0.39 is 0 Å². The maximum absolute atomic E-state index is 3.86. The molecule has 0 saturated heterocycles. The van der Waals surface area contributed by atoms with Crippen LogP contribution in [0.4, 0.5) is 0 Å². The van der Waals surface area contributed by atoms with Crippen LogP contribution in [0.2, 0.25) is 0 Å². The van der Waals surface area contributed by atoms with Gasteiger partial charge in [-0.1, -0.05) is 6.58 Å². The van der Waals surface area contributed by atoms with Crippen molar-refractivity contribution in [1.29, 1.82) is 0 Å². The highest BCUT2D eigenvalue weighted by Crippen LogP contribution is 1.85. The van der Waals surface area contributed by atoms with Crippen molar-refractivity contribution in [2.24, 2.45) is 4.99 Å². The van der Waals surface area contributed by atoms with Gasteiger partial charge in [0.15, 0.2) is 0 Å². The summed E-state index contributed by atoms with van der Waals surface area (Å²) in [6, 6.07) is 0. The second-order valence-electron chi connectivity index (χ2n) is 1.15. The van der Waals surface area contributed by atoms with E-state index in [1.165, 1.54) is 0 Å². The summed E-state index contributed by atoms with van der Waals surface area (Å²) >= 11 is 0. The molecular formula is C6H9N. The molecule has 0 amide bonds. The molecule has 38 valence electrons. The molecule has 0 saturated carbocycles. The van der Waals surface area contributed by atoms with Crippen LogP contribution in [0.15, 0.2) is 23.0 Å². The molecule has 0 fully saturated rings. The summed E-state index contributed by atoms with van der Waals surface area (Å²) in [5, 5.41) is 0. The third kappa shape index (κ3) is 3.01. The highest BCUT2D eigenvalue weighted by atomic mass is 14.7. The number of hydrogen-bond donors (Lipinski definition) is 0. The average molecular weight is 95.1 g/mol. The number of hydrogen-bond acceptors (Lipinski definition) is 1. The molecule has 0 rings (SSSR count). The molecule has 0 atom stereocenters. The first-order chi connectivity index (χ1) is 3.31. The lowest BCUT2D eigenvalue weighted by molar-refractivity contribution is 1.33. The Morgan fingerprint density at radius 2 is 2.43 bits per heavy atom. The van der Waals surface area contributed by atoms with Crippen molar-refractivity contribution in [3.05, 3.63) is 18.0 Å². The molecule has 0 aliphatic rings. The van der Waals surface area contributed by atoms with E-state index in [0.29, 0.717) is 0 Å². The molecule has 0 aromatic rings. The summed E-state index contributed by atoms with van der Waals surface area (Å²) in [6.45, 7) is 7.12. The molecular weight excluding hydrogens is 86.1 g/mol. The van der Waals surface area contributed by atoms with E-state index in [-0.39, 0.29) is 0 Å². The van der Waals surface area contributed by atoms with Gasteiger partial charge in [0.05, 0.1) is 5.70 Å². The quantitative estimate of drug-likeness (QED) is 0.347. The van der Waals surface area contributed by atoms with Crippen LogP contribution in [0.3, 0.4) is 0 Å². The minimum atomic E-state index is 0.836. The lowest BCUT2D eigenvalue weighted by atomic mass is 10.5. The van der Waals surface area contributed by atoms with E-state index in [2.05, 4.69) is 17.3 Å². The first kappa shape index (κ1) is 6.19. The lowest BCUT2D eigenvalue weighted by Gasteiger charge is -1.77.